The highest BCUT2D eigenvalue weighted by Crippen LogP contribution is 2.25. The van der Waals surface area contributed by atoms with Crippen molar-refractivity contribution in [3.8, 4) is 0 Å². The van der Waals surface area contributed by atoms with Crippen molar-refractivity contribution in [1.29, 1.82) is 0 Å². The number of hydrogen-bond acceptors (Lipinski definition) is 5. The summed E-state index contributed by atoms with van der Waals surface area (Å²) < 4.78 is 41.6. The molecule has 2 atom stereocenters. The Morgan fingerprint density at radius 3 is 2.39 bits per heavy atom. The number of benzene rings is 2. The SMILES string of the molecule is O=C(C[C@@H]1CCS(=O)(=O)C1)O[C@@H](C(=O)Nc1ccc(F)cc1)c1ccccc1. The molecule has 0 aromatic heterocycles. The van der Waals surface area contributed by atoms with Gasteiger partial charge in [-0.3, -0.25) is 9.59 Å². The van der Waals surface area contributed by atoms with Crippen LogP contribution in [0, 0.1) is 11.7 Å². The molecule has 0 unspecified atom stereocenters. The van der Waals surface area contributed by atoms with E-state index in [1.165, 1.54) is 24.3 Å². The first kappa shape index (κ1) is 20.0. The van der Waals surface area contributed by atoms with Crippen molar-refractivity contribution in [3.05, 3.63) is 66.0 Å². The van der Waals surface area contributed by atoms with E-state index in [4.69, 9.17) is 4.74 Å². The number of sulfone groups is 1. The van der Waals surface area contributed by atoms with Gasteiger partial charge in [0.05, 0.1) is 11.5 Å². The number of hydrogen-bond donors (Lipinski definition) is 1. The van der Waals surface area contributed by atoms with Gasteiger partial charge in [0.15, 0.2) is 9.84 Å². The lowest BCUT2D eigenvalue weighted by atomic mass is 10.1. The van der Waals surface area contributed by atoms with Crippen LogP contribution in [0.2, 0.25) is 0 Å². The maximum Gasteiger partial charge on any atom is 0.307 e. The molecule has 1 amide bonds. The van der Waals surface area contributed by atoms with Crippen molar-refractivity contribution >= 4 is 27.4 Å². The molecule has 0 saturated carbocycles. The highest BCUT2D eigenvalue weighted by Gasteiger charge is 2.32. The van der Waals surface area contributed by atoms with E-state index >= 15 is 0 Å². The Morgan fingerprint density at radius 1 is 1.11 bits per heavy atom. The molecule has 0 radical (unpaired) electrons. The Morgan fingerprint density at radius 2 is 1.79 bits per heavy atom. The summed E-state index contributed by atoms with van der Waals surface area (Å²) in [5, 5.41) is 2.60. The number of amides is 1. The fourth-order valence-electron chi connectivity index (χ4n) is 3.09. The largest absolute Gasteiger partial charge is 0.447 e. The Bertz CT molecular complexity index is 944. The highest BCUT2D eigenvalue weighted by molar-refractivity contribution is 7.91. The van der Waals surface area contributed by atoms with Crippen molar-refractivity contribution in [2.45, 2.75) is 18.9 Å². The molecule has 0 aliphatic carbocycles. The average Bonchev–Trinajstić information content (AvgIpc) is 3.00. The van der Waals surface area contributed by atoms with Crippen molar-refractivity contribution in [2.75, 3.05) is 16.8 Å². The van der Waals surface area contributed by atoms with E-state index in [0.717, 1.165) is 0 Å². The summed E-state index contributed by atoms with van der Waals surface area (Å²) in [5.41, 5.74) is 0.847. The van der Waals surface area contributed by atoms with Crippen LogP contribution in [0.4, 0.5) is 10.1 Å². The van der Waals surface area contributed by atoms with E-state index in [2.05, 4.69) is 5.32 Å². The minimum Gasteiger partial charge on any atom is -0.447 e. The van der Waals surface area contributed by atoms with E-state index in [-0.39, 0.29) is 23.8 Å². The van der Waals surface area contributed by atoms with Gasteiger partial charge >= 0.3 is 5.97 Å². The number of carbonyl (C=O) groups is 2. The van der Waals surface area contributed by atoms with Crippen LogP contribution in [0.5, 0.6) is 0 Å². The molecular formula is C20H20FNO5S. The zero-order chi connectivity index (χ0) is 20.1. The molecule has 2 aromatic carbocycles. The van der Waals surface area contributed by atoms with Crippen LogP contribution in [0.25, 0.3) is 0 Å². The van der Waals surface area contributed by atoms with Gasteiger partial charge in [0.2, 0.25) is 6.10 Å². The molecule has 2 aromatic rings. The molecular weight excluding hydrogens is 385 g/mol. The minimum atomic E-state index is -3.10. The van der Waals surface area contributed by atoms with Crippen LogP contribution in [0.1, 0.15) is 24.5 Å². The van der Waals surface area contributed by atoms with E-state index in [1.54, 1.807) is 30.3 Å². The van der Waals surface area contributed by atoms with Gasteiger partial charge in [-0.05, 0) is 36.6 Å². The normalized spacial score (nSPS) is 19.0. The first-order chi connectivity index (χ1) is 13.3. The number of halogens is 1. The van der Waals surface area contributed by atoms with Crippen LogP contribution in [-0.2, 0) is 24.2 Å². The van der Waals surface area contributed by atoms with Crippen LogP contribution >= 0.6 is 0 Å². The van der Waals surface area contributed by atoms with E-state index < -0.39 is 33.6 Å². The predicted octanol–water partition coefficient (Wildman–Crippen LogP) is 2.87. The average molecular weight is 405 g/mol. The van der Waals surface area contributed by atoms with Crippen LogP contribution < -0.4 is 5.32 Å². The second kappa shape index (κ2) is 8.52. The lowest BCUT2D eigenvalue weighted by Gasteiger charge is -2.19. The van der Waals surface area contributed by atoms with Gasteiger partial charge in [-0.25, -0.2) is 12.8 Å². The molecule has 1 aliphatic heterocycles. The number of carbonyl (C=O) groups excluding carboxylic acids is 2. The Labute approximate surface area is 162 Å². The van der Waals surface area contributed by atoms with Crippen LogP contribution in [-0.4, -0.2) is 31.8 Å². The molecule has 6 nitrogen and oxygen atoms in total. The monoisotopic (exact) mass is 405 g/mol. The maximum absolute atomic E-state index is 13.0. The van der Waals surface area contributed by atoms with Gasteiger partial charge < -0.3 is 10.1 Å². The molecule has 0 bridgehead atoms. The first-order valence-electron chi connectivity index (χ1n) is 8.84. The van der Waals surface area contributed by atoms with Crippen LogP contribution in [0.15, 0.2) is 54.6 Å². The summed E-state index contributed by atoms with van der Waals surface area (Å²) in [7, 11) is -3.10. The molecule has 0 spiro atoms. The number of rotatable bonds is 6. The smallest absolute Gasteiger partial charge is 0.307 e. The molecule has 1 heterocycles. The van der Waals surface area contributed by atoms with Gasteiger partial charge in [0, 0.05) is 17.7 Å². The molecule has 28 heavy (non-hydrogen) atoms. The lowest BCUT2D eigenvalue weighted by molar-refractivity contribution is -0.155. The van der Waals surface area contributed by atoms with Gasteiger partial charge in [0.25, 0.3) is 5.91 Å². The van der Waals surface area contributed by atoms with Gasteiger partial charge in [-0.1, -0.05) is 30.3 Å². The van der Waals surface area contributed by atoms with Crippen molar-refractivity contribution < 1.29 is 27.1 Å². The van der Waals surface area contributed by atoms with E-state index in [0.29, 0.717) is 17.7 Å². The molecule has 1 saturated heterocycles. The molecule has 3 rings (SSSR count). The summed E-state index contributed by atoms with van der Waals surface area (Å²) in [6, 6.07) is 13.7. The topological polar surface area (TPSA) is 89.5 Å². The zero-order valence-corrected chi connectivity index (χ0v) is 15.8. The summed E-state index contributed by atoms with van der Waals surface area (Å²) in [6.45, 7) is 0. The van der Waals surface area contributed by atoms with Gasteiger partial charge in [-0.2, -0.15) is 0 Å². The fraction of sp³-hybridized carbons (Fsp3) is 0.300. The second-order valence-corrected chi connectivity index (χ2v) is 8.98. The summed E-state index contributed by atoms with van der Waals surface area (Å²) in [4.78, 5) is 25.0. The van der Waals surface area contributed by atoms with Crippen molar-refractivity contribution in [3.63, 3.8) is 0 Å². The van der Waals surface area contributed by atoms with Gasteiger partial charge in [-0.15, -0.1) is 0 Å². The highest BCUT2D eigenvalue weighted by atomic mass is 32.2. The third kappa shape index (κ3) is 5.39. The quantitative estimate of drug-likeness (QED) is 0.747. The van der Waals surface area contributed by atoms with Gasteiger partial charge in [0.1, 0.15) is 5.82 Å². The lowest BCUT2D eigenvalue weighted by Crippen LogP contribution is -2.26. The Balaban J connectivity index is 1.71. The number of anilines is 1. The third-order valence-corrected chi connectivity index (χ3v) is 6.32. The third-order valence-electron chi connectivity index (χ3n) is 4.48. The molecule has 1 N–H and O–H groups in total. The Kier molecular flexibility index (Phi) is 6.08. The predicted molar refractivity (Wildman–Crippen MR) is 102 cm³/mol. The standard InChI is InChI=1S/C20H20FNO5S/c21-16-6-8-17(9-7-16)22-20(24)19(15-4-2-1-3-5-15)27-18(23)12-14-10-11-28(25,26)13-14/h1-9,14,19H,10-13H2,(H,22,24)/t14-,19+/m0/s1. The first-order valence-corrected chi connectivity index (χ1v) is 10.7. The van der Waals surface area contributed by atoms with E-state index in [9.17, 15) is 22.4 Å². The van der Waals surface area contributed by atoms with Crippen molar-refractivity contribution in [2.24, 2.45) is 5.92 Å². The molecule has 1 fully saturated rings. The maximum atomic E-state index is 13.0. The van der Waals surface area contributed by atoms with Crippen LogP contribution in [0.3, 0.4) is 0 Å². The summed E-state index contributed by atoms with van der Waals surface area (Å²) >= 11 is 0. The number of esters is 1. The van der Waals surface area contributed by atoms with Crippen molar-refractivity contribution in [1.82, 2.24) is 0 Å². The number of ether oxygens (including phenoxy) is 1. The number of nitrogens with one attached hydrogen (secondary N) is 1. The van der Waals surface area contributed by atoms with E-state index in [1.807, 2.05) is 0 Å². The summed E-state index contributed by atoms with van der Waals surface area (Å²) in [5.74, 6) is -1.92. The summed E-state index contributed by atoms with van der Waals surface area (Å²) in [6.07, 6.45) is -0.849. The minimum absolute atomic E-state index is 0.0418. The Hall–Kier alpha value is -2.74. The zero-order valence-electron chi connectivity index (χ0n) is 15.0. The molecule has 1 aliphatic rings. The molecule has 8 heteroatoms. The second-order valence-electron chi connectivity index (χ2n) is 6.75. The fourth-order valence-corrected chi connectivity index (χ4v) is 4.95. The molecule has 148 valence electrons.